The summed E-state index contributed by atoms with van der Waals surface area (Å²) < 4.78 is 42.2. The fraction of sp³-hybridized carbons (Fsp3) is 0.409. The van der Waals surface area contributed by atoms with Crippen LogP contribution in [0.15, 0.2) is 24.4 Å². The van der Waals surface area contributed by atoms with Gasteiger partial charge in [0.15, 0.2) is 17.3 Å². The average Bonchev–Trinajstić information content (AvgIpc) is 3.13. The van der Waals surface area contributed by atoms with Gasteiger partial charge < -0.3 is 10.6 Å². The summed E-state index contributed by atoms with van der Waals surface area (Å²) in [6, 6.07) is 2.85. The van der Waals surface area contributed by atoms with Gasteiger partial charge in [0.25, 0.3) is 5.91 Å². The third-order valence-electron chi connectivity index (χ3n) is 6.05. The number of fused-ring (bicyclic) bond motifs is 1. The molecular formula is C22H24F3N5O. The number of nitrogens with two attached hydrogens (primary N) is 1. The van der Waals surface area contributed by atoms with E-state index in [-0.39, 0.29) is 23.8 Å². The lowest BCUT2D eigenvalue weighted by Crippen LogP contribution is -2.44. The SMILES string of the molecule is Cc1cc2ncc(C(=O)N3CCC([C@H](N)Cc4cc(F)c(F)cc4F)CC3)c(C)n2n1. The lowest BCUT2D eigenvalue weighted by molar-refractivity contribution is 0.0676. The van der Waals surface area contributed by atoms with E-state index in [4.69, 9.17) is 5.73 Å². The second-order valence-electron chi connectivity index (χ2n) is 8.17. The van der Waals surface area contributed by atoms with Gasteiger partial charge in [0.1, 0.15) is 5.82 Å². The molecule has 1 atom stereocenters. The molecule has 3 heterocycles. The number of hydrogen-bond donors (Lipinski definition) is 1. The van der Waals surface area contributed by atoms with Crippen LogP contribution in [0.5, 0.6) is 0 Å². The molecule has 0 spiro atoms. The van der Waals surface area contributed by atoms with Crippen LogP contribution in [-0.2, 0) is 6.42 Å². The van der Waals surface area contributed by atoms with Crippen LogP contribution in [0.1, 0.15) is 40.2 Å². The zero-order chi connectivity index (χ0) is 22.3. The van der Waals surface area contributed by atoms with Crippen molar-refractivity contribution < 1.29 is 18.0 Å². The third kappa shape index (κ3) is 4.14. The van der Waals surface area contributed by atoms with Crippen molar-refractivity contribution in [2.24, 2.45) is 11.7 Å². The van der Waals surface area contributed by atoms with Crippen molar-refractivity contribution in [3.63, 3.8) is 0 Å². The average molecular weight is 431 g/mol. The number of aromatic nitrogens is 3. The zero-order valence-corrected chi connectivity index (χ0v) is 17.4. The van der Waals surface area contributed by atoms with Crippen LogP contribution in [0, 0.1) is 37.2 Å². The molecule has 164 valence electrons. The second kappa shape index (κ2) is 8.30. The molecule has 1 aromatic carbocycles. The summed E-state index contributed by atoms with van der Waals surface area (Å²) in [4.78, 5) is 19.1. The maximum absolute atomic E-state index is 13.9. The molecule has 2 aromatic heterocycles. The van der Waals surface area contributed by atoms with Gasteiger partial charge in [0, 0.05) is 37.5 Å². The van der Waals surface area contributed by atoms with Gasteiger partial charge in [-0.15, -0.1) is 0 Å². The van der Waals surface area contributed by atoms with E-state index < -0.39 is 23.5 Å². The number of piperidine rings is 1. The van der Waals surface area contributed by atoms with Crippen LogP contribution in [0.3, 0.4) is 0 Å². The minimum Gasteiger partial charge on any atom is -0.339 e. The van der Waals surface area contributed by atoms with Crippen molar-refractivity contribution in [1.82, 2.24) is 19.5 Å². The normalized spacial score (nSPS) is 16.1. The summed E-state index contributed by atoms with van der Waals surface area (Å²) in [5, 5.41) is 4.38. The molecule has 9 heteroatoms. The monoisotopic (exact) mass is 431 g/mol. The fourth-order valence-corrected chi connectivity index (χ4v) is 4.21. The Kier molecular flexibility index (Phi) is 5.70. The van der Waals surface area contributed by atoms with E-state index >= 15 is 0 Å². The summed E-state index contributed by atoms with van der Waals surface area (Å²) in [5.74, 6) is -3.16. The molecule has 1 fully saturated rings. The van der Waals surface area contributed by atoms with Gasteiger partial charge >= 0.3 is 0 Å². The standard InChI is InChI=1S/C22H24F3N5O/c1-12-7-21-27-11-16(13(2)30(21)28-12)22(31)29-5-3-14(4-6-29)20(26)9-15-8-18(24)19(25)10-17(15)23/h7-8,10-11,14,20H,3-6,9,26H2,1-2H3/t20-/m1/s1. The first-order chi connectivity index (χ1) is 14.7. The minimum atomic E-state index is -1.21. The zero-order valence-electron chi connectivity index (χ0n) is 17.4. The Hall–Kier alpha value is -2.94. The number of carbonyl (C=O) groups is 1. The molecule has 3 aromatic rings. The van der Waals surface area contributed by atoms with Crippen molar-refractivity contribution in [1.29, 1.82) is 0 Å². The number of nitrogens with zero attached hydrogens (tertiary/aromatic N) is 4. The van der Waals surface area contributed by atoms with Crippen LogP contribution in [0.4, 0.5) is 13.2 Å². The number of aryl methyl sites for hydroxylation is 2. The highest BCUT2D eigenvalue weighted by Crippen LogP contribution is 2.25. The molecule has 1 aliphatic heterocycles. The number of rotatable bonds is 4. The Bertz CT molecular complexity index is 1140. The summed E-state index contributed by atoms with van der Waals surface area (Å²) in [5.41, 5.74) is 9.07. The molecule has 1 saturated heterocycles. The van der Waals surface area contributed by atoms with Crippen LogP contribution in [0.25, 0.3) is 5.65 Å². The van der Waals surface area contributed by atoms with E-state index in [1.54, 1.807) is 15.6 Å². The smallest absolute Gasteiger partial charge is 0.257 e. The van der Waals surface area contributed by atoms with Crippen LogP contribution in [-0.4, -0.2) is 44.5 Å². The predicted molar refractivity (Wildman–Crippen MR) is 109 cm³/mol. The van der Waals surface area contributed by atoms with E-state index in [1.807, 2.05) is 19.9 Å². The lowest BCUT2D eigenvalue weighted by atomic mass is 9.86. The fourth-order valence-electron chi connectivity index (χ4n) is 4.21. The maximum atomic E-state index is 13.9. The van der Waals surface area contributed by atoms with E-state index in [0.29, 0.717) is 43.2 Å². The highest BCUT2D eigenvalue weighted by molar-refractivity contribution is 5.95. The van der Waals surface area contributed by atoms with E-state index in [0.717, 1.165) is 17.5 Å². The molecule has 31 heavy (non-hydrogen) atoms. The van der Waals surface area contributed by atoms with Gasteiger partial charge in [0.05, 0.1) is 17.0 Å². The Morgan fingerprint density at radius 1 is 1.13 bits per heavy atom. The Labute approximate surface area is 177 Å². The highest BCUT2D eigenvalue weighted by Gasteiger charge is 2.29. The maximum Gasteiger partial charge on any atom is 0.257 e. The second-order valence-corrected chi connectivity index (χ2v) is 8.17. The largest absolute Gasteiger partial charge is 0.339 e. The van der Waals surface area contributed by atoms with Crippen molar-refractivity contribution in [3.05, 3.63) is 64.4 Å². The number of amides is 1. The van der Waals surface area contributed by atoms with Crippen molar-refractivity contribution >= 4 is 11.6 Å². The minimum absolute atomic E-state index is 0.0482. The molecule has 0 saturated carbocycles. The van der Waals surface area contributed by atoms with Crippen molar-refractivity contribution in [2.45, 2.75) is 39.2 Å². The van der Waals surface area contributed by atoms with Gasteiger partial charge in [0.2, 0.25) is 0 Å². The Morgan fingerprint density at radius 3 is 2.52 bits per heavy atom. The van der Waals surface area contributed by atoms with E-state index in [2.05, 4.69) is 10.1 Å². The molecular weight excluding hydrogens is 407 g/mol. The molecule has 1 amide bonds. The molecule has 0 unspecified atom stereocenters. The van der Waals surface area contributed by atoms with Crippen LogP contribution in [0.2, 0.25) is 0 Å². The molecule has 0 radical (unpaired) electrons. The molecule has 6 nitrogen and oxygen atoms in total. The summed E-state index contributed by atoms with van der Waals surface area (Å²) >= 11 is 0. The first-order valence-corrected chi connectivity index (χ1v) is 10.2. The number of halogens is 3. The Morgan fingerprint density at radius 2 is 1.81 bits per heavy atom. The van der Waals surface area contributed by atoms with Gasteiger partial charge in [-0.3, -0.25) is 4.79 Å². The first kappa shape index (κ1) is 21.3. The number of likely N-dealkylation sites (tertiary alicyclic amines) is 1. The summed E-state index contributed by atoms with van der Waals surface area (Å²) in [7, 11) is 0. The van der Waals surface area contributed by atoms with Crippen molar-refractivity contribution in [2.75, 3.05) is 13.1 Å². The molecule has 0 aliphatic carbocycles. The predicted octanol–water partition coefficient (Wildman–Crippen LogP) is 3.19. The molecule has 4 rings (SSSR count). The molecule has 1 aliphatic rings. The molecule has 0 bridgehead atoms. The number of hydrogen-bond acceptors (Lipinski definition) is 4. The topological polar surface area (TPSA) is 76.5 Å². The highest BCUT2D eigenvalue weighted by atomic mass is 19.2. The van der Waals surface area contributed by atoms with Crippen LogP contribution < -0.4 is 5.73 Å². The van der Waals surface area contributed by atoms with Gasteiger partial charge in [-0.1, -0.05) is 0 Å². The van der Waals surface area contributed by atoms with Gasteiger partial charge in [-0.2, -0.15) is 5.10 Å². The quantitative estimate of drug-likeness (QED) is 0.644. The van der Waals surface area contributed by atoms with E-state index in [1.165, 1.54) is 0 Å². The van der Waals surface area contributed by atoms with Gasteiger partial charge in [-0.05, 0) is 50.7 Å². The molecule has 2 N–H and O–H groups in total. The van der Waals surface area contributed by atoms with Crippen LogP contribution >= 0.6 is 0 Å². The third-order valence-corrected chi connectivity index (χ3v) is 6.05. The van der Waals surface area contributed by atoms with Crippen molar-refractivity contribution in [3.8, 4) is 0 Å². The summed E-state index contributed by atoms with van der Waals surface area (Å²) in [6.07, 6.45) is 2.99. The Balaban J connectivity index is 1.41. The number of carbonyl (C=O) groups excluding carboxylic acids is 1. The van der Waals surface area contributed by atoms with Gasteiger partial charge in [-0.25, -0.2) is 22.7 Å². The number of benzene rings is 1. The lowest BCUT2D eigenvalue weighted by Gasteiger charge is -2.35. The summed E-state index contributed by atoms with van der Waals surface area (Å²) in [6.45, 7) is 4.73. The first-order valence-electron chi connectivity index (χ1n) is 10.2. The van der Waals surface area contributed by atoms with E-state index in [9.17, 15) is 18.0 Å².